The van der Waals surface area contributed by atoms with Gasteiger partial charge in [0.2, 0.25) is 11.8 Å². The Bertz CT molecular complexity index is 809. The van der Waals surface area contributed by atoms with E-state index in [0.717, 1.165) is 29.9 Å². The molecule has 3 aliphatic heterocycles. The predicted octanol–water partition coefficient (Wildman–Crippen LogP) is 1.53. The Morgan fingerprint density at radius 3 is 2.85 bits per heavy atom. The minimum absolute atomic E-state index is 0.0543. The van der Waals surface area contributed by atoms with Gasteiger partial charge in [-0.25, -0.2) is 0 Å². The molecule has 5 heterocycles. The molecule has 0 spiro atoms. The standard InChI is InChI=1S/C19H25N5O3/c1-13-17(14(2)27-21-13)12-24-16-5-4-15(19(24)26)10-22(11-16)18(25)6-9-23-8-3-7-20-23/h3,7-8,15-16H,4-6,9-12H2,1-2H3/t15-,16+/m1/s1. The number of hydrogen-bond donors (Lipinski definition) is 0. The second-order valence-electron chi connectivity index (χ2n) is 7.51. The van der Waals surface area contributed by atoms with E-state index in [4.69, 9.17) is 4.52 Å². The van der Waals surface area contributed by atoms with Crippen LogP contribution in [0.2, 0.25) is 0 Å². The van der Waals surface area contributed by atoms with Crippen molar-refractivity contribution in [3.63, 3.8) is 0 Å². The third kappa shape index (κ3) is 3.48. The van der Waals surface area contributed by atoms with Crippen LogP contribution in [0.15, 0.2) is 23.0 Å². The summed E-state index contributed by atoms with van der Waals surface area (Å²) < 4.78 is 7.01. The molecule has 0 radical (unpaired) electrons. The highest BCUT2D eigenvalue weighted by atomic mass is 16.5. The molecule has 2 aromatic heterocycles. The number of aromatic nitrogens is 3. The summed E-state index contributed by atoms with van der Waals surface area (Å²) in [6.07, 6.45) is 5.75. The fourth-order valence-electron chi connectivity index (χ4n) is 4.15. The van der Waals surface area contributed by atoms with Crippen molar-refractivity contribution in [3.05, 3.63) is 35.5 Å². The first-order valence-corrected chi connectivity index (χ1v) is 9.50. The summed E-state index contributed by atoms with van der Waals surface area (Å²) in [7, 11) is 0. The highest BCUT2D eigenvalue weighted by molar-refractivity contribution is 5.83. The van der Waals surface area contributed by atoms with Crippen molar-refractivity contribution < 1.29 is 14.1 Å². The van der Waals surface area contributed by atoms with Crippen LogP contribution in [-0.2, 0) is 22.7 Å². The van der Waals surface area contributed by atoms with Gasteiger partial charge in [0.15, 0.2) is 0 Å². The lowest BCUT2D eigenvalue weighted by molar-refractivity contribution is -0.140. The Hall–Kier alpha value is -2.64. The summed E-state index contributed by atoms with van der Waals surface area (Å²) in [4.78, 5) is 29.5. The first-order chi connectivity index (χ1) is 13.0. The summed E-state index contributed by atoms with van der Waals surface area (Å²) >= 11 is 0. The van der Waals surface area contributed by atoms with Crippen molar-refractivity contribution in [2.45, 2.75) is 52.2 Å². The number of rotatable bonds is 5. The van der Waals surface area contributed by atoms with E-state index in [1.54, 1.807) is 10.9 Å². The highest BCUT2D eigenvalue weighted by Crippen LogP contribution is 2.31. The molecule has 0 N–H and O–H groups in total. The first kappa shape index (κ1) is 17.8. The van der Waals surface area contributed by atoms with Gasteiger partial charge in [0.1, 0.15) is 5.76 Å². The van der Waals surface area contributed by atoms with Gasteiger partial charge in [-0.15, -0.1) is 0 Å². The molecule has 0 unspecified atom stereocenters. The number of fused-ring (bicyclic) bond motifs is 4. The van der Waals surface area contributed by atoms with E-state index >= 15 is 0 Å². The second-order valence-corrected chi connectivity index (χ2v) is 7.51. The van der Waals surface area contributed by atoms with Crippen LogP contribution in [0.1, 0.15) is 36.3 Å². The fourth-order valence-corrected chi connectivity index (χ4v) is 4.15. The third-order valence-corrected chi connectivity index (χ3v) is 5.77. The van der Waals surface area contributed by atoms with E-state index in [1.807, 2.05) is 35.9 Å². The molecule has 27 heavy (non-hydrogen) atoms. The quantitative estimate of drug-likeness (QED) is 0.796. The van der Waals surface area contributed by atoms with Crippen LogP contribution in [-0.4, -0.2) is 55.7 Å². The number of carbonyl (C=O) groups is 2. The number of carbonyl (C=O) groups excluding carboxylic acids is 2. The number of hydrogen-bond acceptors (Lipinski definition) is 5. The molecular formula is C19H25N5O3. The molecule has 3 saturated heterocycles. The lowest BCUT2D eigenvalue weighted by Crippen LogP contribution is -2.47. The minimum Gasteiger partial charge on any atom is -0.361 e. The van der Waals surface area contributed by atoms with Gasteiger partial charge in [-0.05, 0) is 32.8 Å². The molecule has 8 nitrogen and oxygen atoms in total. The molecule has 0 aliphatic carbocycles. The average molecular weight is 371 g/mol. The summed E-state index contributed by atoms with van der Waals surface area (Å²) in [6, 6.07) is 1.90. The van der Waals surface area contributed by atoms with Gasteiger partial charge in [0.05, 0.1) is 18.2 Å². The van der Waals surface area contributed by atoms with Crippen molar-refractivity contribution in [1.82, 2.24) is 24.7 Å². The van der Waals surface area contributed by atoms with Gasteiger partial charge < -0.3 is 14.3 Å². The Kier molecular flexibility index (Phi) is 4.72. The maximum Gasteiger partial charge on any atom is 0.228 e. The van der Waals surface area contributed by atoms with Crippen LogP contribution in [0, 0.1) is 19.8 Å². The highest BCUT2D eigenvalue weighted by Gasteiger charge is 2.42. The lowest BCUT2D eigenvalue weighted by Gasteiger charge is -2.35. The Labute approximate surface area is 158 Å². The average Bonchev–Trinajstić information content (AvgIpc) is 3.18. The molecule has 3 fully saturated rings. The van der Waals surface area contributed by atoms with Gasteiger partial charge in [-0.1, -0.05) is 5.16 Å². The minimum atomic E-state index is -0.113. The SMILES string of the molecule is Cc1noc(C)c1CN1C(=O)[C@@H]2CC[C@H]1CN(C(=O)CCn1cccn1)C2. The maximum absolute atomic E-state index is 13.0. The Morgan fingerprint density at radius 1 is 1.30 bits per heavy atom. The monoisotopic (exact) mass is 371 g/mol. The van der Waals surface area contributed by atoms with E-state index in [0.29, 0.717) is 32.6 Å². The Balaban J connectivity index is 1.46. The normalized spacial score (nSPS) is 22.4. The fraction of sp³-hybridized carbons (Fsp3) is 0.579. The summed E-state index contributed by atoms with van der Waals surface area (Å²) in [6.45, 7) is 5.97. The largest absolute Gasteiger partial charge is 0.361 e. The van der Waals surface area contributed by atoms with Crippen LogP contribution in [0.4, 0.5) is 0 Å². The van der Waals surface area contributed by atoms with Gasteiger partial charge in [0.25, 0.3) is 0 Å². The summed E-state index contributed by atoms with van der Waals surface area (Å²) in [5, 5.41) is 8.14. The van der Waals surface area contributed by atoms with Crippen LogP contribution in [0.3, 0.4) is 0 Å². The molecule has 144 valence electrons. The van der Waals surface area contributed by atoms with E-state index in [2.05, 4.69) is 10.3 Å². The van der Waals surface area contributed by atoms with Gasteiger partial charge in [0, 0.05) is 50.1 Å². The molecular weight excluding hydrogens is 346 g/mol. The molecule has 0 aromatic carbocycles. The smallest absolute Gasteiger partial charge is 0.228 e. The van der Waals surface area contributed by atoms with E-state index < -0.39 is 0 Å². The lowest BCUT2D eigenvalue weighted by atomic mass is 9.93. The van der Waals surface area contributed by atoms with Gasteiger partial charge in [-0.2, -0.15) is 5.10 Å². The second kappa shape index (κ2) is 7.17. The topological polar surface area (TPSA) is 84.5 Å². The Morgan fingerprint density at radius 2 is 2.15 bits per heavy atom. The van der Waals surface area contributed by atoms with Crippen molar-refractivity contribution >= 4 is 11.8 Å². The van der Waals surface area contributed by atoms with Crippen LogP contribution in [0.25, 0.3) is 0 Å². The van der Waals surface area contributed by atoms with Crippen LogP contribution in [0.5, 0.6) is 0 Å². The van der Waals surface area contributed by atoms with Crippen molar-refractivity contribution in [2.24, 2.45) is 5.92 Å². The number of aryl methyl sites for hydroxylation is 3. The first-order valence-electron chi connectivity index (χ1n) is 9.50. The van der Waals surface area contributed by atoms with E-state index in [9.17, 15) is 9.59 Å². The van der Waals surface area contributed by atoms with E-state index in [-0.39, 0.29) is 23.8 Å². The summed E-state index contributed by atoms with van der Waals surface area (Å²) in [5.74, 6) is 0.883. The molecule has 2 amide bonds. The molecule has 8 heteroatoms. The molecule has 0 saturated carbocycles. The van der Waals surface area contributed by atoms with Gasteiger partial charge in [-0.3, -0.25) is 14.3 Å². The zero-order valence-corrected chi connectivity index (χ0v) is 15.8. The van der Waals surface area contributed by atoms with Crippen molar-refractivity contribution in [1.29, 1.82) is 0 Å². The zero-order chi connectivity index (χ0) is 19.0. The van der Waals surface area contributed by atoms with Crippen molar-refractivity contribution in [2.75, 3.05) is 13.1 Å². The maximum atomic E-state index is 13.0. The molecule has 3 aliphatic rings. The summed E-state index contributed by atoms with van der Waals surface area (Å²) in [5.41, 5.74) is 1.81. The predicted molar refractivity (Wildman–Crippen MR) is 96.5 cm³/mol. The van der Waals surface area contributed by atoms with Crippen LogP contribution < -0.4 is 0 Å². The zero-order valence-electron chi connectivity index (χ0n) is 15.8. The van der Waals surface area contributed by atoms with Crippen LogP contribution >= 0.6 is 0 Å². The van der Waals surface area contributed by atoms with Gasteiger partial charge >= 0.3 is 0 Å². The molecule has 5 rings (SSSR count). The molecule has 2 aromatic rings. The number of amides is 2. The third-order valence-electron chi connectivity index (χ3n) is 5.77. The van der Waals surface area contributed by atoms with E-state index in [1.165, 1.54) is 0 Å². The number of piperidine rings is 1. The molecule has 2 bridgehead atoms. The van der Waals surface area contributed by atoms with Crippen molar-refractivity contribution in [3.8, 4) is 0 Å². The molecule has 2 atom stereocenters. The number of nitrogens with zero attached hydrogens (tertiary/aromatic N) is 5.